The maximum atomic E-state index is 12.3. The molecule has 0 aliphatic heterocycles. The largest absolute Gasteiger partial charge is 0.478 e. The number of carboxylic acid groups (broad SMARTS) is 1. The average molecular weight is 311 g/mol. The summed E-state index contributed by atoms with van der Waals surface area (Å²) in [5.74, 6) is -2.77. The van der Waals surface area contributed by atoms with Gasteiger partial charge in [0.1, 0.15) is 0 Å². The van der Waals surface area contributed by atoms with Crippen molar-refractivity contribution in [2.45, 2.75) is 6.92 Å². The summed E-state index contributed by atoms with van der Waals surface area (Å²) in [4.78, 5) is 44.3. The van der Waals surface area contributed by atoms with E-state index in [4.69, 9.17) is 15.0 Å². The summed E-state index contributed by atoms with van der Waals surface area (Å²) >= 11 is 0. The molecule has 23 heavy (non-hydrogen) atoms. The zero-order valence-electron chi connectivity index (χ0n) is 12.0. The van der Waals surface area contributed by atoms with Crippen molar-refractivity contribution in [3.63, 3.8) is 0 Å². The molecule has 0 saturated carbocycles. The first-order valence-electron chi connectivity index (χ1n) is 6.56. The van der Waals surface area contributed by atoms with Crippen LogP contribution in [0.2, 0.25) is 0 Å². The Kier molecular flexibility index (Phi) is 4.36. The molecule has 0 saturated heterocycles. The Bertz CT molecular complexity index is 831. The molecule has 0 spiro atoms. The Morgan fingerprint density at radius 2 is 1.26 bits per heavy atom. The van der Waals surface area contributed by atoms with E-state index in [9.17, 15) is 14.4 Å². The first-order chi connectivity index (χ1) is 10.8. The molecule has 0 amide bonds. The van der Waals surface area contributed by atoms with Crippen molar-refractivity contribution < 1.29 is 29.4 Å². The van der Waals surface area contributed by atoms with Gasteiger partial charge in [-0.15, -0.1) is 0 Å². The monoisotopic (exact) mass is 311 g/mol. The second kappa shape index (κ2) is 6.23. The highest BCUT2D eigenvalue weighted by Crippen LogP contribution is 2.27. The summed E-state index contributed by atoms with van der Waals surface area (Å²) in [6, 6.07) is 10.5. The summed E-state index contributed by atoms with van der Waals surface area (Å²) < 4.78 is 0. The molecule has 0 unspecified atom stereocenters. The van der Waals surface area contributed by atoms with Crippen LogP contribution in [0.25, 0.3) is 0 Å². The van der Waals surface area contributed by atoms with Crippen LogP contribution in [0.15, 0.2) is 42.5 Å². The van der Waals surface area contributed by atoms with Gasteiger partial charge in [0, 0.05) is 29.2 Å². The molecular weight excluding hydrogens is 300 g/mol. The smallest absolute Gasteiger partial charge is 0.352 e. The molecule has 6 nitrogen and oxygen atoms in total. The van der Waals surface area contributed by atoms with Crippen molar-refractivity contribution >= 4 is 23.5 Å². The van der Waals surface area contributed by atoms with Gasteiger partial charge in [-0.2, -0.15) is 0 Å². The molecule has 1 aliphatic rings. The molecule has 0 atom stereocenters. The fraction of sp³-hybridized carbons (Fsp3) is 0.0588. The van der Waals surface area contributed by atoms with Gasteiger partial charge in [0.25, 0.3) is 0 Å². The van der Waals surface area contributed by atoms with Gasteiger partial charge in [-0.05, 0) is 18.2 Å². The SMILES string of the molecule is CC([O])=O.O=C(O)c1ccc2c(c1)C(=O)c1ccccc1C2=O. The standard InChI is InChI=1S/C15H8O4.C2H3O2/c16-13-9-3-1-2-4-10(9)14(17)12-7-8(15(18)19)5-6-11(12)13;1-2(3)4/h1-7H,(H,18,19);1H3. The van der Waals surface area contributed by atoms with Crippen LogP contribution in [-0.4, -0.2) is 28.6 Å². The van der Waals surface area contributed by atoms with Crippen molar-refractivity contribution in [1.29, 1.82) is 0 Å². The van der Waals surface area contributed by atoms with Crippen molar-refractivity contribution in [2.75, 3.05) is 0 Å². The molecule has 0 heterocycles. The van der Waals surface area contributed by atoms with Crippen LogP contribution in [0, 0.1) is 0 Å². The lowest BCUT2D eigenvalue weighted by molar-refractivity contribution is -0.140. The van der Waals surface area contributed by atoms with E-state index in [1.807, 2.05) is 0 Å². The highest BCUT2D eigenvalue weighted by molar-refractivity contribution is 6.28. The molecule has 1 aliphatic carbocycles. The topological polar surface area (TPSA) is 108 Å². The lowest BCUT2D eigenvalue weighted by Gasteiger charge is -2.17. The Morgan fingerprint density at radius 1 is 0.826 bits per heavy atom. The predicted octanol–water partition coefficient (Wildman–Crippen LogP) is 2.12. The number of ketones is 2. The summed E-state index contributed by atoms with van der Waals surface area (Å²) in [5.41, 5.74) is 1.10. The van der Waals surface area contributed by atoms with E-state index < -0.39 is 11.9 Å². The van der Waals surface area contributed by atoms with E-state index in [-0.39, 0.29) is 28.3 Å². The summed E-state index contributed by atoms with van der Waals surface area (Å²) in [5, 5.41) is 17.8. The lowest BCUT2D eigenvalue weighted by Crippen LogP contribution is -2.21. The van der Waals surface area contributed by atoms with Gasteiger partial charge in [0.15, 0.2) is 11.6 Å². The van der Waals surface area contributed by atoms with E-state index in [1.165, 1.54) is 18.2 Å². The van der Waals surface area contributed by atoms with E-state index >= 15 is 0 Å². The Hall–Kier alpha value is -3.28. The van der Waals surface area contributed by atoms with Gasteiger partial charge in [-0.1, -0.05) is 24.3 Å². The fourth-order valence-corrected chi connectivity index (χ4v) is 2.23. The molecule has 2 aromatic rings. The molecule has 2 aromatic carbocycles. The molecule has 1 N–H and O–H groups in total. The first kappa shape index (κ1) is 16.1. The van der Waals surface area contributed by atoms with Crippen LogP contribution < -0.4 is 0 Å². The molecule has 0 bridgehead atoms. The zero-order chi connectivity index (χ0) is 17.1. The quantitative estimate of drug-likeness (QED) is 0.740. The summed E-state index contributed by atoms with van der Waals surface area (Å²) in [6.45, 7) is 0.972. The number of hydrogen-bond acceptors (Lipinski definition) is 4. The van der Waals surface area contributed by atoms with Crippen LogP contribution >= 0.6 is 0 Å². The molecule has 3 rings (SSSR count). The van der Waals surface area contributed by atoms with Gasteiger partial charge >= 0.3 is 11.9 Å². The third kappa shape index (κ3) is 3.16. The number of carboxylic acids is 1. The highest BCUT2D eigenvalue weighted by atomic mass is 16.4. The number of hydrogen-bond donors (Lipinski definition) is 1. The third-order valence-electron chi connectivity index (χ3n) is 3.17. The minimum absolute atomic E-state index is 0.000666. The fourth-order valence-electron chi connectivity index (χ4n) is 2.23. The second-order valence-electron chi connectivity index (χ2n) is 4.76. The van der Waals surface area contributed by atoms with Gasteiger partial charge in [0.2, 0.25) is 0 Å². The van der Waals surface area contributed by atoms with E-state index in [0.29, 0.717) is 11.1 Å². The van der Waals surface area contributed by atoms with Gasteiger partial charge in [-0.25, -0.2) is 14.7 Å². The van der Waals surface area contributed by atoms with Crippen molar-refractivity contribution in [3.05, 3.63) is 70.3 Å². The van der Waals surface area contributed by atoms with E-state index in [0.717, 1.165) is 6.92 Å². The normalized spacial score (nSPS) is 11.7. The van der Waals surface area contributed by atoms with E-state index in [1.54, 1.807) is 24.3 Å². The maximum Gasteiger partial charge on any atom is 0.352 e. The zero-order valence-corrected chi connectivity index (χ0v) is 12.0. The number of carbonyl (C=O) groups is 4. The maximum absolute atomic E-state index is 12.3. The second-order valence-corrected chi connectivity index (χ2v) is 4.76. The van der Waals surface area contributed by atoms with Gasteiger partial charge < -0.3 is 5.11 Å². The van der Waals surface area contributed by atoms with Crippen LogP contribution in [-0.2, 0) is 9.90 Å². The minimum atomic E-state index is -1.12. The first-order valence-corrected chi connectivity index (χ1v) is 6.56. The van der Waals surface area contributed by atoms with Gasteiger partial charge in [0.05, 0.1) is 5.56 Å². The van der Waals surface area contributed by atoms with Crippen molar-refractivity contribution in [1.82, 2.24) is 0 Å². The van der Waals surface area contributed by atoms with Crippen molar-refractivity contribution in [2.24, 2.45) is 0 Å². The Morgan fingerprint density at radius 3 is 1.74 bits per heavy atom. The summed E-state index contributed by atoms with van der Waals surface area (Å²) in [7, 11) is 0. The molecule has 0 aromatic heterocycles. The number of aromatic carboxylic acids is 1. The lowest BCUT2D eigenvalue weighted by atomic mass is 9.83. The highest BCUT2D eigenvalue weighted by Gasteiger charge is 2.29. The van der Waals surface area contributed by atoms with Crippen LogP contribution in [0.4, 0.5) is 0 Å². The van der Waals surface area contributed by atoms with Crippen LogP contribution in [0.1, 0.15) is 49.1 Å². The minimum Gasteiger partial charge on any atom is -0.478 e. The van der Waals surface area contributed by atoms with Gasteiger partial charge in [-0.3, -0.25) is 9.59 Å². The molecule has 115 valence electrons. The Balaban J connectivity index is 0.000000433. The molecular formula is C17H11O6. The summed E-state index contributed by atoms with van der Waals surface area (Å²) in [6.07, 6.45) is 0. The number of fused-ring (bicyclic) bond motifs is 2. The molecule has 1 radical (unpaired) electrons. The predicted molar refractivity (Wildman–Crippen MR) is 78.1 cm³/mol. The Labute approximate surface area is 131 Å². The molecule has 0 fully saturated rings. The van der Waals surface area contributed by atoms with Crippen LogP contribution in [0.5, 0.6) is 0 Å². The average Bonchev–Trinajstić information content (AvgIpc) is 2.51. The van der Waals surface area contributed by atoms with Crippen LogP contribution in [0.3, 0.4) is 0 Å². The van der Waals surface area contributed by atoms with Crippen molar-refractivity contribution in [3.8, 4) is 0 Å². The number of benzene rings is 2. The molecule has 6 heteroatoms. The number of carbonyl (C=O) groups excluding carboxylic acids is 3. The third-order valence-corrected chi connectivity index (χ3v) is 3.17. The van der Waals surface area contributed by atoms with E-state index in [2.05, 4.69) is 0 Å². The number of rotatable bonds is 1.